The average molecular weight is 675 g/mol. The first-order valence-electron chi connectivity index (χ1n) is 17.6. The number of carbonyl (C=O) groups excluding carboxylic acids is 1. The maximum absolute atomic E-state index is 12.8. The van der Waals surface area contributed by atoms with Crippen LogP contribution in [0.4, 0.5) is 10.5 Å². The number of anilines is 1. The van der Waals surface area contributed by atoms with E-state index >= 15 is 0 Å². The van der Waals surface area contributed by atoms with Crippen molar-refractivity contribution in [3.63, 3.8) is 0 Å². The smallest absolute Gasteiger partial charge is 0.411 e. The van der Waals surface area contributed by atoms with Crippen LogP contribution in [0.5, 0.6) is 5.75 Å². The largest absolute Gasteiger partial charge is 0.506 e. The van der Waals surface area contributed by atoms with Crippen molar-refractivity contribution in [2.75, 3.05) is 38.0 Å². The third-order valence-electron chi connectivity index (χ3n) is 9.41. The molecule has 6 rings (SSSR count). The van der Waals surface area contributed by atoms with Gasteiger partial charge >= 0.3 is 6.09 Å². The van der Waals surface area contributed by atoms with Crippen LogP contribution in [0.2, 0.25) is 0 Å². The van der Waals surface area contributed by atoms with Crippen molar-refractivity contribution in [3.8, 4) is 16.9 Å². The van der Waals surface area contributed by atoms with Gasteiger partial charge in [0.25, 0.3) is 0 Å². The first kappa shape index (κ1) is 34.9. The predicted molar refractivity (Wildman–Crippen MR) is 199 cm³/mol. The van der Waals surface area contributed by atoms with Crippen molar-refractivity contribution in [1.29, 1.82) is 0 Å². The number of carbonyl (C=O) groups is 1. The van der Waals surface area contributed by atoms with E-state index in [0.29, 0.717) is 23.0 Å². The number of nitrogens with zero attached hydrogens (tertiary/aromatic N) is 1. The number of ether oxygens (including phenoxy) is 1. The molecule has 0 spiro atoms. The molecule has 1 fully saturated rings. The predicted octanol–water partition coefficient (Wildman–Crippen LogP) is 6.80. The fraction of sp³-hybridized carbons (Fsp3) is 0.317. The number of likely N-dealkylation sites (tertiary alicyclic amines) is 1. The number of para-hydroxylation sites is 1. The van der Waals surface area contributed by atoms with Crippen molar-refractivity contribution in [3.05, 3.63) is 130 Å². The number of H-pyrrole nitrogens is 1. The number of hydrogen-bond donors (Lipinski definition) is 5. The van der Waals surface area contributed by atoms with E-state index in [-0.39, 0.29) is 17.4 Å². The van der Waals surface area contributed by atoms with E-state index in [0.717, 1.165) is 81.5 Å². The first-order valence-corrected chi connectivity index (χ1v) is 17.6. The van der Waals surface area contributed by atoms with Gasteiger partial charge in [0.1, 0.15) is 11.9 Å². The summed E-state index contributed by atoms with van der Waals surface area (Å²) in [6, 6.07) is 32.8. The minimum absolute atomic E-state index is 0.0146. The van der Waals surface area contributed by atoms with Crippen LogP contribution in [0.25, 0.3) is 22.0 Å². The van der Waals surface area contributed by atoms with Crippen molar-refractivity contribution in [2.45, 2.75) is 50.7 Å². The highest BCUT2D eigenvalue weighted by Gasteiger charge is 2.22. The molecular weight excluding hydrogens is 628 g/mol. The first-order chi connectivity index (χ1) is 24.4. The van der Waals surface area contributed by atoms with Crippen LogP contribution in [0.3, 0.4) is 0 Å². The number of aliphatic hydroxyl groups is 1. The normalized spacial score (nSPS) is 14.4. The van der Waals surface area contributed by atoms with Crippen molar-refractivity contribution in [1.82, 2.24) is 15.2 Å². The highest BCUT2D eigenvalue weighted by Crippen LogP contribution is 2.29. The maximum atomic E-state index is 12.8. The molecule has 5 aromatic rings. The lowest BCUT2D eigenvalue weighted by atomic mass is 10.0. The summed E-state index contributed by atoms with van der Waals surface area (Å²) in [5, 5.41) is 27.8. The Hall–Kier alpha value is -4.96. The Kier molecular flexibility index (Phi) is 11.9. The molecule has 1 aliphatic heterocycles. The quantitative estimate of drug-likeness (QED) is 0.0820. The van der Waals surface area contributed by atoms with Gasteiger partial charge in [0.05, 0.1) is 17.3 Å². The number of piperidine rings is 1. The number of aryl methyl sites for hydroxylation is 2. The monoisotopic (exact) mass is 674 g/mol. The van der Waals surface area contributed by atoms with Gasteiger partial charge in [0, 0.05) is 36.7 Å². The van der Waals surface area contributed by atoms with Crippen LogP contribution in [0, 0.1) is 0 Å². The second-order valence-corrected chi connectivity index (χ2v) is 13.0. The molecule has 1 aromatic heterocycles. The van der Waals surface area contributed by atoms with E-state index < -0.39 is 12.2 Å². The van der Waals surface area contributed by atoms with Gasteiger partial charge in [-0.25, -0.2) is 4.79 Å². The lowest BCUT2D eigenvalue weighted by molar-refractivity contribution is 0.0587. The van der Waals surface area contributed by atoms with E-state index in [1.165, 1.54) is 23.3 Å². The van der Waals surface area contributed by atoms with Gasteiger partial charge < -0.3 is 30.2 Å². The summed E-state index contributed by atoms with van der Waals surface area (Å²) in [6.07, 6.45) is 4.40. The topological polar surface area (TPSA) is 127 Å². The molecule has 1 atom stereocenters. The molecule has 260 valence electrons. The third-order valence-corrected chi connectivity index (χ3v) is 9.41. The Balaban J connectivity index is 0.869. The number of pyridine rings is 1. The molecule has 1 saturated heterocycles. The Bertz CT molecular complexity index is 1920. The van der Waals surface area contributed by atoms with Crippen LogP contribution in [0.1, 0.15) is 48.5 Å². The molecule has 1 aliphatic rings. The summed E-state index contributed by atoms with van der Waals surface area (Å²) in [5.41, 5.74) is 6.12. The van der Waals surface area contributed by atoms with E-state index in [4.69, 9.17) is 4.74 Å². The molecule has 1 amide bonds. The Morgan fingerprint density at radius 1 is 0.880 bits per heavy atom. The number of benzene rings is 4. The van der Waals surface area contributed by atoms with Crippen LogP contribution in [0.15, 0.2) is 108 Å². The number of fused-ring (bicyclic) bond motifs is 1. The number of amides is 1. The molecule has 9 nitrogen and oxygen atoms in total. The molecule has 0 bridgehead atoms. The number of phenolic OH excluding ortho intramolecular Hbond substituents is 1. The van der Waals surface area contributed by atoms with Gasteiger partial charge in [0.15, 0.2) is 0 Å². The summed E-state index contributed by atoms with van der Waals surface area (Å²) >= 11 is 0. The number of phenols is 1. The zero-order valence-corrected chi connectivity index (χ0v) is 28.3. The maximum Gasteiger partial charge on any atom is 0.411 e. The van der Waals surface area contributed by atoms with Crippen molar-refractivity contribution in [2.24, 2.45) is 0 Å². The lowest BCUT2D eigenvalue weighted by Gasteiger charge is -2.31. The summed E-state index contributed by atoms with van der Waals surface area (Å²) in [7, 11) is 0. The van der Waals surface area contributed by atoms with Gasteiger partial charge in [-0.1, -0.05) is 78.9 Å². The van der Waals surface area contributed by atoms with Crippen LogP contribution < -0.4 is 16.2 Å². The Labute approximate surface area is 292 Å². The number of aromatic amines is 1. The van der Waals surface area contributed by atoms with Crippen LogP contribution in [-0.2, 0) is 17.6 Å². The summed E-state index contributed by atoms with van der Waals surface area (Å²) < 4.78 is 5.81. The van der Waals surface area contributed by atoms with Gasteiger partial charge in [0.2, 0.25) is 5.56 Å². The lowest BCUT2D eigenvalue weighted by Crippen LogP contribution is -2.39. The third kappa shape index (κ3) is 9.38. The van der Waals surface area contributed by atoms with Crippen molar-refractivity contribution >= 4 is 22.7 Å². The minimum Gasteiger partial charge on any atom is -0.506 e. The van der Waals surface area contributed by atoms with Gasteiger partial charge in [-0.3, -0.25) is 10.1 Å². The number of aromatic nitrogens is 1. The number of aromatic hydroxyl groups is 1. The summed E-state index contributed by atoms with van der Waals surface area (Å²) in [4.78, 5) is 29.5. The molecule has 5 N–H and O–H groups in total. The molecule has 4 aromatic carbocycles. The molecule has 50 heavy (non-hydrogen) atoms. The van der Waals surface area contributed by atoms with E-state index in [9.17, 15) is 19.8 Å². The van der Waals surface area contributed by atoms with E-state index in [1.807, 2.05) is 54.6 Å². The van der Waals surface area contributed by atoms with E-state index in [2.05, 4.69) is 44.8 Å². The van der Waals surface area contributed by atoms with Crippen LogP contribution >= 0.6 is 0 Å². The SMILES string of the molecule is O=C(Nc1ccccc1-c1ccccc1)OC1CCN(CCCc2cccc(CCCNCC(O)c3ccc(O)c4[nH]c(=O)ccc34)c2)CC1. The molecule has 0 radical (unpaired) electrons. The molecule has 2 heterocycles. The second-order valence-electron chi connectivity index (χ2n) is 13.0. The number of nitrogens with one attached hydrogen (secondary N) is 3. The fourth-order valence-corrected chi connectivity index (χ4v) is 6.77. The highest BCUT2D eigenvalue weighted by molar-refractivity contribution is 5.91. The fourth-order valence-electron chi connectivity index (χ4n) is 6.77. The standard InChI is InChI=1S/C41H46N4O5/c46-37-19-17-34(35-18-20-39(48)44-40(35)37)38(47)28-42-23-7-11-29-9-6-10-30(27-29)12-8-24-45-25-21-32(22-26-45)50-41(49)43-36-16-5-4-15-33(36)31-13-2-1-3-14-31/h1-6,9-10,13-20,27,32,38,42,46-47H,7-8,11-12,21-26,28H2,(H,43,49)(H,44,48). The molecule has 0 saturated carbocycles. The van der Waals surface area contributed by atoms with Gasteiger partial charge in [-0.15, -0.1) is 0 Å². The Morgan fingerprint density at radius 2 is 1.62 bits per heavy atom. The summed E-state index contributed by atoms with van der Waals surface area (Å²) in [6.45, 7) is 3.99. The Morgan fingerprint density at radius 3 is 2.42 bits per heavy atom. The van der Waals surface area contributed by atoms with Gasteiger partial charge in [-0.2, -0.15) is 0 Å². The van der Waals surface area contributed by atoms with Crippen molar-refractivity contribution < 1.29 is 19.7 Å². The molecule has 0 aliphatic carbocycles. The molecule has 1 unspecified atom stereocenters. The highest BCUT2D eigenvalue weighted by atomic mass is 16.6. The zero-order chi connectivity index (χ0) is 34.7. The minimum atomic E-state index is -0.765. The van der Waals surface area contributed by atoms with Crippen LogP contribution in [-0.4, -0.2) is 65.0 Å². The zero-order valence-electron chi connectivity index (χ0n) is 28.3. The second kappa shape index (κ2) is 17.1. The number of aliphatic hydroxyl groups excluding tert-OH is 1. The number of rotatable bonds is 14. The number of hydrogen-bond acceptors (Lipinski definition) is 7. The van der Waals surface area contributed by atoms with Gasteiger partial charge in [-0.05, 0) is 92.1 Å². The summed E-state index contributed by atoms with van der Waals surface area (Å²) in [5.74, 6) is -0.0146. The van der Waals surface area contributed by atoms with E-state index in [1.54, 1.807) is 12.1 Å². The average Bonchev–Trinajstić information content (AvgIpc) is 3.13. The molecular formula is C41H46N4O5. The molecule has 9 heteroatoms.